The van der Waals surface area contributed by atoms with E-state index in [1.54, 1.807) is 56.3 Å². The molecule has 366 valence electrons. The molecule has 0 heterocycles. The number of phenols is 1. The Morgan fingerprint density at radius 3 is 1.81 bits per heavy atom. The topological polar surface area (TPSA) is 300 Å². The van der Waals surface area contributed by atoms with Gasteiger partial charge < -0.3 is 57.0 Å². The fourth-order valence-corrected chi connectivity index (χ4v) is 7.57. The number of nitrogens with one attached hydrogen (secondary N) is 6. The molecule has 2 aliphatic carbocycles. The number of ether oxygens (including phenoxy) is 3. The average Bonchev–Trinajstić information content (AvgIpc) is 3.30. The van der Waals surface area contributed by atoms with Crippen LogP contribution < -0.4 is 37.6 Å². The smallest absolute Gasteiger partial charge is 0.408 e. The number of esters is 2. The van der Waals surface area contributed by atoms with Gasteiger partial charge in [-0.15, -0.1) is 0 Å². The second-order valence-electron chi connectivity index (χ2n) is 17.2. The molecule has 0 unspecified atom stereocenters. The fraction of sp³-hybridized carbons (Fsp3) is 0.553. The van der Waals surface area contributed by atoms with Crippen molar-refractivity contribution in [3.05, 3.63) is 65.7 Å². The minimum Gasteiger partial charge on any atom is -0.508 e. The van der Waals surface area contributed by atoms with Gasteiger partial charge in [-0.05, 0) is 87.0 Å². The zero-order chi connectivity index (χ0) is 48.7. The minimum absolute atomic E-state index is 0.0148. The Balaban J connectivity index is 1.40. The Morgan fingerprint density at radius 2 is 1.21 bits per heavy atom. The first kappa shape index (κ1) is 52.9. The van der Waals surface area contributed by atoms with Crippen molar-refractivity contribution in [1.29, 1.82) is 0 Å². The molecule has 0 aromatic heterocycles. The van der Waals surface area contributed by atoms with Crippen LogP contribution >= 0.6 is 0 Å². The highest BCUT2D eigenvalue weighted by atomic mass is 16.6. The summed E-state index contributed by atoms with van der Waals surface area (Å²) in [5.74, 6) is -6.92. The van der Waals surface area contributed by atoms with E-state index in [9.17, 15) is 48.3 Å². The monoisotopic (exact) mass is 935 g/mol. The number of phenolic OH excluding ortho intramolecular Hbond substituents is 1. The number of hydrogen-bond acceptors (Lipinski definition) is 13. The van der Waals surface area contributed by atoms with Gasteiger partial charge in [-0.2, -0.15) is 0 Å². The molecule has 7 amide bonds. The van der Waals surface area contributed by atoms with Crippen molar-refractivity contribution < 1.29 is 62.5 Å². The fourth-order valence-electron chi connectivity index (χ4n) is 7.57. The molecular formula is C47H65N7O13. The maximum Gasteiger partial charge on any atom is 0.408 e. The number of carbonyl (C=O) groups is 9. The lowest BCUT2D eigenvalue weighted by Gasteiger charge is -2.27. The number of hydrogen-bond donors (Lipinski definition) is 8. The van der Waals surface area contributed by atoms with Crippen LogP contribution in [0, 0.1) is 5.92 Å². The van der Waals surface area contributed by atoms with E-state index in [0.29, 0.717) is 36.8 Å². The first-order valence-electron chi connectivity index (χ1n) is 22.9. The quantitative estimate of drug-likeness (QED) is 0.0553. The summed E-state index contributed by atoms with van der Waals surface area (Å²) in [5.41, 5.74) is 6.72. The molecule has 4 rings (SSSR count). The van der Waals surface area contributed by atoms with Gasteiger partial charge >= 0.3 is 18.0 Å². The third-order valence-electron chi connectivity index (χ3n) is 11.3. The summed E-state index contributed by atoms with van der Waals surface area (Å²) in [6.45, 7) is 1.92. The summed E-state index contributed by atoms with van der Waals surface area (Å²) in [4.78, 5) is 118. The van der Waals surface area contributed by atoms with E-state index >= 15 is 0 Å². The molecule has 2 saturated carbocycles. The summed E-state index contributed by atoms with van der Waals surface area (Å²) in [6.07, 6.45) is 5.48. The number of carbonyl (C=O) groups excluding carboxylic acids is 9. The van der Waals surface area contributed by atoms with Crippen LogP contribution in [0.4, 0.5) is 4.79 Å². The number of benzene rings is 2. The van der Waals surface area contributed by atoms with Gasteiger partial charge in [-0.1, -0.05) is 69.2 Å². The van der Waals surface area contributed by atoms with Crippen LogP contribution in [0.15, 0.2) is 54.6 Å². The van der Waals surface area contributed by atoms with Gasteiger partial charge in [0.05, 0.1) is 19.5 Å². The Hall–Kier alpha value is -6.73. The zero-order valence-corrected chi connectivity index (χ0v) is 38.2. The van der Waals surface area contributed by atoms with E-state index in [2.05, 4.69) is 31.9 Å². The summed E-state index contributed by atoms with van der Waals surface area (Å²) in [6, 6.07) is 9.25. The number of primary amides is 1. The molecule has 4 atom stereocenters. The average molecular weight is 936 g/mol. The van der Waals surface area contributed by atoms with Crippen LogP contribution in [0.5, 0.6) is 5.75 Å². The van der Waals surface area contributed by atoms with Gasteiger partial charge in [0, 0.05) is 12.8 Å². The predicted octanol–water partition coefficient (Wildman–Crippen LogP) is 1.98. The predicted molar refractivity (Wildman–Crippen MR) is 241 cm³/mol. The van der Waals surface area contributed by atoms with Gasteiger partial charge in [0.15, 0.2) is 0 Å². The Morgan fingerprint density at radius 1 is 0.627 bits per heavy atom. The Labute approximate surface area is 389 Å². The number of nitrogens with two attached hydrogens (primary N) is 1. The lowest BCUT2D eigenvalue weighted by Crippen LogP contribution is -2.58. The molecule has 9 N–H and O–H groups in total. The van der Waals surface area contributed by atoms with Crippen LogP contribution in [0.3, 0.4) is 0 Å². The summed E-state index contributed by atoms with van der Waals surface area (Å²) in [7, 11) is 0. The summed E-state index contributed by atoms with van der Waals surface area (Å²) < 4.78 is 16.6. The molecule has 0 bridgehead atoms. The summed E-state index contributed by atoms with van der Waals surface area (Å²) >= 11 is 0. The molecule has 2 aromatic rings. The molecule has 0 aliphatic heterocycles. The second kappa shape index (κ2) is 27.7. The molecule has 0 radical (unpaired) electrons. The number of alkyl carbamates (subject to hydrolysis) is 1. The highest BCUT2D eigenvalue weighted by molar-refractivity contribution is 5.96. The lowest BCUT2D eigenvalue weighted by atomic mass is 9.98. The largest absolute Gasteiger partial charge is 0.508 e. The van der Waals surface area contributed by atoms with Crippen molar-refractivity contribution in [2.75, 3.05) is 13.1 Å². The maximum atomic E-state index is 14.0. The number of aromatic hydroxyl groups is 1. The third kappa shape index (κ3) is 19.7. The van der Waals surface area contributed by atoms with Crippen molar-refractivity contribution in [2.45, 2.75) is 147 Å². The maximum absolute atomic E-state index is 14.0. The number of rotatable bonds is 24. The third-order valence-corrected chi connectivity index (χ3v) is 11.3. The summed E-state index contributed by atoms with van der Waals surface area (Å²) in [5, 5.41) is 24.3. The molecular weight excluding hydrogens is 871 g/mol. The zero-order valence-electron chi connectivity index (χ0n) is 38.2. The van der Waals surface area contributed by atoms with E-state index < -0.39 is 103 Å². The van der Waals surface area contributed by atoms with Crippen LogP contribution in [-0.2, 0) is 65.6 Å². The van der Waals surface area contributed by atoms with E-state index in [-0.39, 0.29) is 43.8 Å². The first-order valence-corrected chi connectivity index (χ1v) is 22.9. The standard InChI is InChI=1S/C47H65N7O13/c1-29(2)42(46(63)50-26-38(56)49-27-39(57)51-36(43(48)60)24-30-18-20-32(55)21-19-30)54-44(61)35(22-23-40(58)66-33-14-8-4-9-15-33)52-45(62)37(25-41(59)67-34-16-10-5-11-17-34)53-47(64)65-28-31-12-6-3-7-13-31/h3,6-7,12-13,18-21,29,33-37,42,55H,4-5,8-11,14-17,22-28H2,1-2H3,(H2,48,60)(H,49,56)(H,50,63)(H,51,57)(H,52,62)(H,53,64)(H,54,61)/t35-,36-,37-,42-/m0/s1. The molecule has 20 nitrogen and oxygen atoms in total. The highest BCUT2D eigenvalue weighted by Crippen LogP contribution is 2.22. The van der Waals surface area contributed by atoms with Crippen molar-refractivity contribution in [1.82, 2.24) is 31.9 Å². The highest BCUT2D eigenvalue weighted by Gasteiger charge is 2.34. The van der Waals surface area contributed by atoms with Crippen molar-refractivity contribution in [3.8, 4) is 5.75 Å². The van der Waals surface area contributed by atoms with E-state index in [1.165, 1.54) is 12.1 Å². The van der Waals surface area contributed by atoms with Gasteiger partial charge in [0.1, 0.15) is 48.7 Å². The number of amides is 7. The SMILES string of the molecule is CC(C)[C@H](NC(=O)[C@H](CCC(=O)OC1CCCCC1)NC(=O)[C@H](CC(=O)OC1CCCCC1)NC(=O)OCc1ccccc1)C(=O)NCC(=O)NCC(=O)N[C@@H](Cc1ccc(O)cc1)C(N)=O. The first-order chi connectivity index (χ1) is 32.1. The molecule has 67 heavy (non-hydrogen) atoms. The van der Waals surface area contributed by atoms with E-state index in [1.807, 2.05) is 0 Å². The molecule has 2 aromatic carbocycles. The van der Waals surface area contributed by atoms with Crippen LogP contribution in [-0.4, -0.2) is 108 Å². The van der Waals surface area contributed by atoms with Crippen molar-refractivity contribution in [2.24, 2.45) is 11.7 Å². The Bertz CT molecular complexity index is 1990. The van der Waals surface area contributed by atoms with Crippen molar-refractivity contribution >= 4 is 53.5 Å². The molecule has 2 aliphatic rings. The van der Waals surface area contributed by atoms with Crippen molar-refractivity contribution in [3.63, 3.8) is 0 Å². The van der Waals surface area contributed by atoms with E-state index in [0.717, 1.165) is 38.5 Å². The van der Waals surface area contributed by atoms with Crippen LogP contribution in [0.25, 0.3) is 0 Å². The molecule has 0 spiro atoms. The second-order valence-corrected chi connectivity index (χ2v) is 17.2. The normalized spacial score (nSPS) is 15.9. The van der Waals surface area contributed by atoms with Crippen LogP contribution in [0.2, 0.25) is 0 Å². The molecule has 0 saturated heterocycles. The molecule has 2 fully saturated rings. The van der Waals surface area contributed by atoms with E-state index in [4.69, 9.17) is 19.9 Å². The van der Waals surface area contributed by atoms with Gasteiger partial charge in [-0.25, -0.2) is 4.79 Å². The lowest BCUT2D eigenvalue weighted by molar-refractivity contribution is -0.152. The van der Waals surface area contributed by atoms with Gasteiger partial charge in [-0.3, -0.25) is 38.4 Å². The minimum atomic E-state index is -1.57. The van der Waals surface area contributed by atoms with Gasteiger partial charge in [0.25, 0.3) is 0 Å². The molecule has 20 heteroatoms. The van der Waals surface area contributed by atoms with Gasteiger partial charge in [0.2, 0.25) is 35.4 Å². The Kier molecular flexibility index (Phi) is 21.8. The van der Waals surface area contributed by atoms with Crippen LogP contribution in [0.1, 0.15) is 108 Å².